The molecule has 2 unspecified atom stereocenters. The molecule has 0 heterocycles. The monoisotopic (exact) mass is 341 g/mol. The van der Waals surface area contributed by atoms with E-state index in [0.29, 0.717) is 0 Å². The molecule has 0 bridgehead atoms. The van der Waals surface area contributed by atoms with Crippen LogP contribution >= 0.6 is 0 Å². The Labute approximate surface area is 150 Å². The number of nitrogens with two attached hydrogens (primary N) is 1. The van der Waals surface area contributed by atoms with Crippen LogP contribution in [0.2, 0.25) is 0 Å². The molecule has 1 aliphatic rings. The van der Waals surface area contributed by atoms with Gasteiger partial charge < -0.3 is 15.9 Å². The Balaban J connectivity index is 1.77. The average molecular weight is 342 g/mol. The molecule has 0 saturated heterocycles. The summed E-state index contributed by atoms with van der Waals surface area (Å²) >= 11 is 0. The molecule has 4 N–H and O–H groups in total. The summed E-state index contributed by atoms with van der Waals surface area (Å²) in [5, 5.41) is 18.5. The van der Waals surface area contributed by atoms with Gasteiger partial charge in [0.25, 0.3) is 0 Å². The summed E-state index contributed by atoms with van der Waals surface area (Å²) in [6, 6.07) is -0.470. The van der Waals surface area contributed by atoms with Gasteiger partial charge in [0.2, 0.25) is 0 Å². The summed E-state index contributed by atoms with van der Waals surface area (Å²) in [6.07, 6.45) is 19.4. The predicted octanol–water partition coefficient (Wildman–Crippen LogP) is 4.78. The molecular formula is C21H43NO2. The summed E-state index contributed by atoms with van der Waals surface area (Å²) in [4.78, 5) is 0. The second-order valence-electron chi connectivity index (χ2n) is 8.07. The Morgan fingerprint density at radius 3 is 1.88 bits per heavy atom. The van der Waals surface area contributed by atoms with Gasteiger partial charge in [-0.05, 0) is 24.7 Å². The summed E-state index contributed by atoms with van der Waals surface area (Å²) in [5.74, 6) is 2.16. The Morgan fingerprint density at radius 2 is 1.33 bits per heavy atom. The number of rotatable bonds is 17. The van der Waals surface area contributed by atoms with Gasteiger partial charge in [-0.25, -0.2) is 0 Å². The third-order valence-electron chi connectivity index (χ3n) is 5.78. The van der Waals surface area contributed by atoms with Crippen LogP contribution in [0.25, 0.3) is 0 Å². The summed E-state index contributed by atoms with van der Waals surface area (Å²) in [5.41, 5.74) is 5.59. The number of aliphatic hydroxyl groups excluding tert-OH is 2. The van der Waals surface area contributed by atoms with Crippen molar-refractivity contribution in [2.24, 2.45) is 17.6 Å². The van der Waals surface area contributed by atoms with Crippen molar-refractivity contribution in [3.8, 4) is 0 Å². The third-order valence-corrected chi connectivity index (χ3v) is 5.78. The quantitative estimate of drug-likeness (QED) is 0.333. The Bertz CT molecular complexity index is 285. The molecule has 3 nitrogen and oxygen atoms in total. The molecule has 1 fully saturated rings. The lowest BCUT2D eigenvalue weighted by Gasteiger charge is -2.15. The van der Waals surface area contributed by atoms with Gasteiger partial charge in [0.15, 0.2) is 0 Å². The molecule has 24 heavy (non-hydrogen) atoms. The van der Waals surface area contributed by atoms with Crippen LogP contribution in [0.1, 0.15) is 103 Å². The van der Waals surface area contributed by atoms with E-state index in [0.717, 1.165) is 24.7 Å². The maximum absolute atomic E-state index is 9.67. The van der Waals surface area contributed by atoms with Crippen LogP contribution in [-0.2, 0) is 0 Å². The van der Waals surface area contributed by atoms with Crippen LogP contribution in [-0.4, -0.2) is 29.0 Å². The molecule has 0 amide bonds. The zero-order chi connectivity index (χ0) is 17.6. The van der Waals surface area contributed by atoms with Crippen LogP contribution < -0.4 is 5.73 Å². The molecule has 0 aliphatic heterocycles. The second-order valence-corrected chi connectivity index (χ2v) is 8.07. The lowest BCUT2D eigenvalue weighted by atomic mass is 10.0. The number of hydrogen-bond acceptors (Lipinski definition) is 3. The first-order valence-corrected chi connectivity index (χ1v) is 10.7. The molecule has 0 spiro atoms. The van der Waals surface area contributed by atoms with E-state index in [4.69, 9.17) is 10.8 Å². The number of aliphatic hydroxyl groups is 2. The number of hydrogen-bond donors (Lipinski definition) is 3. The van der Waals surface area contributed by atoms with Crippen LogP contribution in [0.5, 0.6) is 0 Å². The van der Waals surface area contributed by atoms with Crippen LogP contribution in [0.4, 0.5) is 0 Å². The van der Waals surface area contributed by atoms with Crippen molar-refractivity contribution in [2.45, 2.75) is 115 Å². The zero-order valence-electron chi connectivity index (χ0n) is 16.1. The van der Waals surface area contributed by atoms with E-state index in [9.17, 15) is 5.11 Å². The zero-order valence-corrected chi connectivity index (χ0v) is 16.1. The van der Waals surface area contributed by atoms with Gasteiger partial charge in [0.05, 0.1) is 18.8 Å². The molecule has 0 aromatic carbocycles. The number of unbranched alkanes of at least 4 members (excludes halogenated alkanes) is 9. The first kappa shape index (κ1) is 21.9. The van der Waals surface area contributed by atoms with Gasteiger partial charge in [-0.3, -0.25) is 0 Å². The predicted molar refractivity (Wildman–Crippen MR) is 103 cm³/mol. The summed E-state index contributed by atoms with van der Waals surface area (Å²) in [6.45, 7) is 2.16. The van der Waals surface area contributed by atoms with E-state index in [-0.39, 0.29) is 6.61 Å². The van der Waals surface area contributed by atoms with E-state index in [1.54, 1.807) is 0 Å². The van der Waals surface area contributed by atoms with Gasteiger partial charge in [0, 0.05) is 0 Å². The molecule has 4 atom stereocenters. The summed E-state index contributed by atoms with van der Waals surface area (Å²) in [7, 11) is 0. The van der Waals surface area contributed by atoms with E-state index in [2.05, 4.69) is 6.92 Å². The first-order valence-electron chi connectivity index (χ1n) is 10.7. The van der Waals surface area contributed by atoms with Gasteiger partial charge >= 0.3 is 0 Å². The van der Waals surface area contributed by atoms with Crippen molar-refractivity contribution in [1.82, 2.24) is 0 Å². The van der Waals surface area contributed by atoms with Crippen molar-refractivity contribution in [2.75, 3.05) is 6.61 Å². The highest BCUT2D eigenvalue weighted by atomic mass is 16.3. The molecule has 1 saturated carbocycles. The molecule has 0 radical (unpaired) electrons. The minimum Gasteiger partial charge on any atom is -0.395 e. The third kappa shape index (κ3) is 10.7. The Hall–Kier alpha value is -0.120. The minimum absolute atomic E-state index is 0.123. The Morgan fingerprint density at radius 1 is 0.833 bits per heavy atom. The average Bonchev–Trinajstić information content (AvgIpc) is 3.34. The minimum atomic E-state index is -0.538. The molecule has 3 heteroatoms. The van der Waals surface area contributed by atoms with Crippen molar-refractivity contribution in [1.29, 1.82) is 0 Å². The fourth-order valence-electron chi connectivity index (χ4n) is 3.83. The normalized spacial score (nSPS) is 22.5. The molecule has 1 aliphatic carbocycles. The van der Waals surface area contributed by atoms with Crippen LogP contribution in [0.15, 0.2) is 0 Å². The molecule has 144 valence electrons. The van der Waals surface area contributed by atoms with E-state index < -0.39 is 12.1 Å². The van der Waals surface area contributed by atoms with Crippen LogP contribution in [0, 0.1) is 11.8 Å². The fraction of sp³-hybridized carbons (Fsp3) is 1.00. The summed E-state index contributed by atoms with van der Waals surface area (Å²) < 4.78 is 0. The molecule has 0 aromatic rings. The van der Waals surface area contributed by atoms with Crippen molar-refractivity contribution < 1.29 is 10.2 Å². The van der Waals surface area contributed by atoms with Gasteiger partial charge in [-0.1, -0.05) is 90.4 Å². The fourth-order valence-corrected chi connectivity index (χ4v) is 3.83. The van der Waals surface area contributed by atoms with Gasteiger partial charge in [0.1, 0.15) is 0 Å². The first-order chi connectivity index (χ1) is 11.7. The van der Waals surface area contributed by atoms with Crippen molar-refractivity contribution >= 4 is 0 Å². The van der Waals surface area contributed by atoms with Gasteiger partial charge in [-0.15, -0.1) is 0 Å². The standard InChI is InChI=1S/C21H43NO2/c1-2-3-4-10-13-18-16-19(18)14-11-8-6-5-7-9-12-15-21(24)20(22)17-23/h18-21,23-24H,2-17,22H2,1H3/t18-,19+,20?,21?/m0/s1. The highest BCUT2D eigenvalue weighted by molar-refractivity contribution is 4.85. The Kier molecular flexibility index (Phi) is 12.9. The lowest BCUT2D eigenvalue weighted by molar-refractivity contribution is 0.0990. The second kappa shape index (κ2) is 14.1. The maximum Gasteiger partial charge on any atom is 0.0713 e. The highest BCUT2D eigenvalue weighted by Crippen LogP contribution is 2.45. The molecule has 0 aromatic heterocycles. The van der Waals surface area contributed by atoms with Gasteiger partial charge in [-0.2, -0.15) is 0 Å². The molecule has 1 rings (SSSR count). The van der Waals surface area contributed by atoms with Crippen molar-refractivity contribution in [3.63, 3.8) is 0 Å². The SMILES string of the molecule is CCCCCC[C@H]1C[C@H]1CCCCCCCCCC(O)C(N)CO. The van der Waals surface area contributed by atoms with E-state index in [1.807, 2.05) is 0 Å². The lowest BCUT2D eigenvalue weighted by Crippen LogP contribution is -2.37. The topological polar surface area (TPSA) is 66.5 Å². The van der Waals surface area contributed by atoms with E-state index in [1.165, 1.54) is 83.5 Å². The smallest absolute Gasteiger partial charge is 0.0713 e. The van der Waals surface area contributed by atoms with Crippen LogP contribution in [0.3, 0.4) is 0 Å². The molecular weight excluding hydrogens is 298 g/mol. The van der Waals surface area contributed by atoms with Crippen molar-refractivity contribution in [3.05, 3.63) is 0 Å². The highest BCUT2D eigenvalue weighted by Gasteiger charge is 2.34. The van der Waals surface area contributed by atoms with E-state index >= 15 is 0 Å². The maximum atomic E-state index is 9.67. The largest absolute Gasteiger partial charge is 0.395 e.